The van der Waals surface area contributed by atoms with Gasteiger partial charge < -0.3 is 20.5 Å². The quantitative estimate of drug-likeness (QED) is 0.493. The predicted octanol–water partition coefficient (Wildman–Crippen LogP) is 4.38. The Kier molecular flexibility index (Phi) is 4.49. The number of aliphatic hydroxyl groups is 1. The molecule has 6 rings (SSSR count). The predicted molar refractivity (Wildman–Crippen MR) is 129 cm³/mol. The van der Waals surface area contributed by atoms with Crippen molar-refractivity contribution in [3.63, 3.8) is 0 Å². The molecule has 0 saturated heterocycles. The third kappa shape index (κ3) is 2.39. The highest BCUT2D eigenvalue weighted by molar-refractivity contribution is 6.31. The van der Waals surface area contributed by atoms with Crippen LogP contribution in [-0.4, -0.2) is 30.1 Å². The van der Waals surface area contributed by atoms with E-state index in [0.717, 1.165) is 0 Å². The van der Waals surface area contributed by atoms with Gasteiger partial charge in [0.25, 0.3) is 0 Å². The summed E-state index contributed by atoms with van der Waals surface area (Å²) in [5.74, 6) is -0.774. The molecule has 1 saturated carbocycles. The molecule has 2 aliphatic heterocycles. The summed E-state index contributed by atoms with van der Waals surface area (Å²) in [5.41, 5.74) is -2.16. The third-order valence-corrected chi connectivity index (χ3v) is 8.13. The summed E-state index contributed by atoms with van der Waals surface area (Å²) in [4.78, 5) is 27.7. The van der Waals surface area contributed by atoms with Crippen molar-refractivity contribution in [3.8, 4) is 0 Å². The lowest BCUT2D eigenvalue weighted by Gasteiger charge is -2.41. The molecule has 3 aromatic rings. The second kappa shape index (κ2) is 7.06. The van der Waals surface area contributed by atoms with Crippen LogP contribution in [0.2, 0.25) is 10.0 Å². The maximum atomic E-state index is 13.9. The molecule has 1 fully saturated rings. The van der Waals surface area contributed by atoms with Gasteiger partial charge in [0.1, 0.15) is 22.5 Å². The molecule has 3 aromatic carbocycles. The van der Waals surface area contributed by atoms with Crippen LogP contribution in [0.3, 0.4) is 0 Å². The molecule has 1 aliphatic carbocycles. The number of nitrogens with one attached hydrogen (secondary N) is 2. The van der Waals surface area contributed by atoms with Gasteiger partial charge in [-0.3, -0.25) is 9.59 Å². The van der Waals surface area contributed by atoms with Gasteiger partial charge in [0.15, 0.2) is 0 Å². The molecule has 0 radical (unpaired) electrons. The fourth-order valence-corrected chi connectivity index (χ4v) is 6.70. The minimum Gasteiger partial charge on any atom is -0.381 e. The highest BCUT2D eigenvalue weighted by Crippen LogP contribution is 2.67. The highest BCUT2D eigenvalue weighted by Gasteiger charge is 2.79. The molecule has 2 amide bonds. The zero-order chi connectivity index (χ0) is 23.9. The summed E-state index contributed by atoms with van der Waals surface area (Å²) in [6, 6.07) is 19.1. The molecule has 8 heteroatoms. The Bertz CT molecular complexity index is 1380. The first-order valence-corrected chi connectivity index (χ1v) is 11.6. The average molecular weight is 495 g/mol. The number of amides is 2. The van der Waals surface area contributed by atoms with Gasteiger partial charge in [-0.1, -0.05) is 53.5 Å². The number of benzene rings is 3. The van der Waals surface area contributed by atoms with E-state index in [1.807, 2.05) is 6.07 Å². The summed E-state index contributed by atoms with van der Waals surface area (Å²) in [6.45, 7) is 0. The van der Waals surface area contributed by atoms with E-state index in [1.165, 1.54) is 7.11 Å². The van der Waals surface area contributed by atoms with E-state index in [2.05, 4.69) is 10.6 Å². The van der Waals surface area contributed by atoms with Crippen LogP contribution in [-0.2, 0) is 30.8 Å². The smallest absolute Gasteiger partial charge is 0.238 e. The maximum absolute atomic E-state index is 13.9. The Labute approximate surface area is 205 Å². The Morgan fingerprint density at radius 1 is 0.882 bits per heavy atom. The van der Waals surface area contributed by atoms with E-state index in [4.69, 9.17) is 27.9 Å². The second-order valence-electron chi connectivity index (χ2n) is 9.09. The Morgan fingerprint density at radius 2 is 1.47 bits per heavy atom. The van der Waals surface area contributed by atoms with E-state index in [-0.39, 0.29) is 12.3 Å². The number of rotatable bonds is 2. The average Bonchev–Trinajstić information content (AvgIpc) is 3.36. The summed E-state index contributed by atoms with van der Waals surface area (Å²) < 4.78 is 6.00. The number of hydrogen-bond acceptors (Lipinski definition) is 4. The minimum absolute atomic E-state index is 0.0394. The van der Waals surface area contributed by atoms with Gasteiger partial charge in [0, 0.05) is 28.5 Å². The summed E-state index contributed by atoms with van der Waals surface area (Å²) >= 11 is 12.7. The van der Waals surface area contributed by atoms with Gasteiger partial charge in [-0.15, -0.1) is 0 Å². The lowest BCUT2D eigenvalue weighted by atomic mass is 9.66. The van der Waals surface area contributed by atoms with E-state index < -0.39 is 28.4 Å². The van der Waals surface area contributed by atoms with E-state index in [9.17, 15) is 14.7 Å². The molecule has 3 N–H and O–H groups in total. The first kappa shape index (κ1) is 21.6. The van der Waals surface area contributed by atoms with Crippen molar-refractivity contribution in [2.24, 2.45) is 0 Å². The fraction of sp³-hybridized carbons (Fsp3) is 0.231. The number of anilines is 2. The molecule has 4 unspecified atom stereocenters. The van der Waals surface area contributed by atoms with Crippen LogP contribution in [0.15, 0.2) is 66.7 Å². The molecule has 172 valence electrons. The van der Waals surface area contributed by atoms with Crippen LogP contribution >= 0.6 is 23.2 Å². The normalized spacial score (nSPS) is 31.0. The van der Waals surface area contributed by atoms with Crippen LogP contribution in [0.25, 0.3) is 0 Å². The summed E-state index contributed by atoms with van der Waals surface area (Å²) in [5, 5.41) is 19.5. The van der Waals surface area contributed by atoms with Crippen LogP contribution in [0, 0.1) is 0 Å². The van der Waals surface area contributed by atoms with Gasteiger partial charge in [-0.25, -0.2) is 0 Å². The number of methoxy groups -OCH3 is 1. The monoisotopic (exact) mass is 494 g/mol. The number of ether oxygens (including phenoxy) is 1. The molecular weight excluding hydrogens is 475 g/mol. The van der Waals surface area contributed by atoms with E-state index in [0.29, 0.717) is 38.1 Å². The largest absolute Gasteiger partial charge is 0.381 e. The van der Waals surface area contributed by atoms with Gasteiger partial charge in [-0.05, 0) is 59.5 Å². The number of hydrogen-bond donors (Lipinski definition) is 3. The van der Waals surface area contributed by atoms with Crippen molar-refractivity contribution < 1.29 is 19.4 Å². The van der Waals surface area contributed by atoms with E-state index >= 15 is 0 Å². The fourth-order valence-electron chi connectivity index (χ4n) is 6.36. The van der Waals surface area contributed by atoms with Gasteiger partial charge >= 0.3 is 0 Å². The van der Waals surface area contributed by atoms with Crippen LogP contribution in [0.1, 0.15) is 23.1 Å². The van der Waals surface area contributed by atoms with Crippen molar-refractivity contribution in [2.45, 2.75) is 29.0 Å². The van der Waals surface area contributed by atoms with Gasteiger partial charge in [0.2, 0.25) is 11.8 Å². The first-order valence-electron chi connectivity index (χ1n) is 10.8. The molecule has 4 atom stereocenters. The van der Waals surface area contributed by atoms with Crippen LogP contribution in [0.4, 0.5) is 11.4 Å². The van der Waals surface area contributed by atoms with Crippen molar-refractivity contribution >= 4 is 46.4 Å². The number of carbonyl (C=O) groups is 2. The topological polar surface area (TPSA) is 87.7 Å². The standard InChI is InChI=1S/C26H20Cl2N2O4/c1-34-21-24(17-11-15(27)7-9-19(17)29-22(24)31)13-25(26(21,33)14-5-3-2-4-6-14)18-12-16(28)8-10-20(18)30-23(25)32/h2-12,21,33H,13H2,1H3,(H,29,31)(H,30,32). The van der Waals surface area contributed by atoms with Crippen LogP contribution in [0.5, 0.6) is 0 Å². The number of halogens is 2. The Balaban J connectivity index is 1.74. The number of fused-ring (bicyclic) bond motifs is 4. The van der Waals surface area contributed by atoms with Crippen molar-refractivity contribution in [1.82, 2.24) is 0 Å². The van der Waals surface area contributed by atoms with Crippen LogP contribution < -0.4 is 10.6 Å². The molecule has 2 heterocycles. The van der Waals surface area contributed by atoms with Gasteiger partial charge in [0.05, 0.1) is 0 Å². The van der Waals surface area contributed by atoms with Crippen molar-refractivity contribution in [3.05, 3.63) is 93.5 Å². The third-order valence-electron chi connectivity index (χ3n) is 7.66. The minimum atomic E-state index is -1.91. The lowest BCUT2D eigenvalue weighted by Crippen LogP contribution is -2.56. The maximum Gasteiger partial charge on any atom is 0.238 e. The highest BCUT2D eigenvalue weighted by atomic mass is 35.5. The lowest BCUT2D eigenvalue weighted by molar-refractivity contribution is -0.151. The molecule has 2 spiro atoms. The first-order chi connectivity index (χ1) is 16.3. The molecule has 6 nitrogen and oxygen atoms in total. The summed E-state index contributed by atoms with van der Waals surface area (Å²) in [6.07, 6.45) is -1.15. The van der Waals surface area contributed by atoms with Crippen molar-refractivity contribution in [2.75, 3.05) is 17.7 Å². The second-order valence-corrected chi connectivity index (χ2v) is 9.96. The number of carbonyl (C=O) groups excluding carboxylic acids is 2. The zero-order valence-electron chi connectivity index (χ0n) is 18.1. The van der Waals surface area contributed by atoms with Crippen molar-refractivity contribution in [1.29, 1.82) is 0 Å². The zero-order valence-corrected chi connectivity index (χ0v) is 19.6. The summed E-state index contributed by atoms with van der Waals surface area (Å²) in [7, 11) is 1.45. The Hall–Kier alpha value is -2.90. The SMILES string of the molecule is COC1C2(CC3(C(=O)Nc4ccc(Cl)cc43)C1(O)c1ccccc1)C(=O)Nc1ccc(Cl)cc12. The molecule has 0 bridgehead atoms. The molecule has 3 aliphatic rings. The van der Waals surface area contributed by atoms with E-state index in [1.54, 1.807) is 60.7 Å². The van der Waals surface area contributed by atoms with Gasteiger partial charge in [-0.2, -0.15) is 0 Å². The Morgan fingerprint density at radius 3 is 2.12 bits per heavy atom. The molecule has 34 heavy (non-hydrogen) atoms. The molecular formula is C26H20Cl2N2O4. The molecule has 0 aromatic heterocycles.